The second kappa shape index (κ2) is 6.56. The van der Waals surface area contributed by atoms with Crippen molar-refractivity contribution in [1.29, 1.82) is 0 Å². The molecule has 0 saturated carbocycles. The molecule has 0 heterocycles. The lowest BCUT2D eigenvalue weighted by atomic mass is 9.96. The van der Waals surface area contributed by atoms with Crippen LogP contribution >= 0.6 is 0 Å². The Kier molecular flexibility index (Phi) is 5.40. The maximum absolute atomic E-state index is 13.6. The highest BCUT2D eigenvalue weighted by atomic mass is 19.1. The Morgan fingerprint density at radius 1 is 1.00 bits per heavy atom. The number of benzene rings is 1. The summed E-state index contributed by atoms with van der Waals surface area (Å²) in [7, 11) is 0. The summed E-state index contributed by atoms with van der Waals surface area (Å²) in [6.45, 7) is 10.0. The number of esters is 2. The van der Waals surface area contributed by atoms with E-state index in [1.165, 1.54) is 6.07 Å². The molecule has 0 unspecified atom stereocenters. The molecule has 0 saturated heterocycles. The fourth-order valence-corrected chi connectivity index (χ4v) is 1.87. The van der Waals surface area contributed by atoms with Crippen LogP contribution in [0.3, 0.4) is 0 Å². The molecular formula is C17H24FNO4. The largest absolute Gasteiger partial charge is 0.459 e. The van der Waals surface area contributed by atoms with Crippen LogP contribution < -0.4 is 5.73 Å². The van der Waals surface area contributed by atoms with Gasteiger partial charge in [0, 0.05) is 11.3 Å². The number of anilines is 1. The van der Waals surface area contributed by atoms with Crippen LogP contribution in [0.1, 0.15) is 53.0 Å². The van der Waals surface area contributed by atoms with Gasteiger partial charge in [0.25, 0.3) is 0 Å². The third kappa shape index (κ3) is 5.88. The van der Waals surface area contributed by atoms with Crippen molar-refractivity contribution in [2.75, 3.05) is 5.73 Å². The summed E-state index contributed by atoms with van der Waals surface area (Å²) < 4.78 is 24.1. The van der Waals surface area contributed by atoms with Gasteiger partial charge in [0.2, 0.25) is 0 Å². The van der Waals surface area contributed by atoms with Crippen LogP contribution in [0.4, 0.5) is 10.1 Å². The first-order valence-corrected chi connectivity index (χ1v) is 7.31. The van der Waals surface area contributed by atoms with Gasteiger partial charge in [-0.15, -0.1) is 0 Å². The number of hydrogen-bond donors (Lipinski definition) is 1. The number of rotatable bonds is 3. The van der Waals surface area contributed by atoms with E-state index in [4.69, 9.17) is 15.2 Å². The standard InChI is InChI=1S/C17H24FNO4/c1-16(2,3)22-14(20)13(15(21)23-17(4,5)6)11-9-10(18)7-8-12(11)19/h7-9,13H,19H2,1-6H3. The Bertz CT molecular complexity index is 572. The van der Waals surface area contributed by atoms with Crippen molar-refractivity contribution in [3.63, 3.8) is 0 Å². The molecule has 5 nitrogen and oxygen atoms in total. The number of carbonyl (C=O) groups excluding carboxylic acids is 2. The second-order valence-corrected chi connectivity index (χ2v) is 7.27. The van der Waals surface area contributed by atoms with Crippen LogP contribution in [-0.4, -0.2) is 23.1 Å². The van der Waals surface area contributed by atoms with Crippen molar-refractivity contribution in [2.45, 2.75) is 58.7 Å². The van der Waals surface area contributed by atoms with Crippen molar-refractivity contribution in [3.8, 4) is 0 Å². The average Bonchev–Trinajstić information content (AvgIpc) is 2.29. The van der Waals surface area contributed by atoms with E-state index in [1.807, 2.05) is 0 Å². The third-order valence-corrected chi connectivity index (χ3v) is 2.64. The molecule has 0 atom stereocenters. The Labute approximate surface area is 136 Å². The lowest BCUT2D eigenvalue weighted by molar-refractivity contribution is -0.169. The van der Waals surface area contributed by atoms with E-state index in [9.17, 15) is 14.0 Å². The molecule has 1 aromatic rings. The van der Waals surface area contributed by atoms with Gasteiger partial charge in [-0.25, -0.2) is 4.39 Å². The Morgan fingerprint density at radius 3 is 1.83 bits per heavy atom. The molecule has 0 amide bonds. The van der Waals surface area contributed by atoms with Crippen molar-refractivity contribution in [3.05, 3.63) is 29.6 Å². The lowest BCUT2D eigenvalue weighted by Crippen LogP contribution is -2.36. The molecule has 0 aliphatic rings. The predicted octanol–water partition coefficient (Wildman–Crippen LogP) is 3.17. The van der Waals surface area contributed by atoms with Crippen LogP contribution in [0.15, 0.2) is 18.2 Å². The molecule has 6 heteroatoms. The van der Waals surface area contributed by atoms with Crippen molar-refractivity contribution in [1.82, 2.24) is 0 Å². The van der Waals surface area contributed by atoms with Gasteiger partial charge in [0.05, 0.1) is 0 Å². The van der Waals surface area contributed by atoms with Crippen molar-refractivity contribution >= 4 is 17.6 Å². The van der Waals surface area contributed by atoms with E-state index in [0.29, 0.717) is 0 Å². The number of hydrogen-bond acceptors (Lipinski definition) is 5. The third-order valence-electron chi connectivity index (χ3n) is 2.64. The van der Waals surface area contributed by atoms with Crippen LogP contribution in [0.25, 0.3) is 0 Å². The fraction of sp³-hybridized carbons (Fsp3) is 0.529. The number of carbonyl (C=O) groups is 2. The van der Waals surface area contributed by atoms with Crippen LogP contribution in [0.5, 0.6) is 0 Å². The molecular weight excluding hydrogens is 301 g/mol. The maximum atomic E-state index is 13.6. The first-order chi connectivity index (χ1) is 10.3. The normalized spacial score (nSPS) is 12.2. The number of nitrogen functional groups attached to an aromatic ring is 1. The molecule has 128 valence electrons. The quantitative estimate of drug-likeness (QED) is 0.524. The van der Waals surface area contributed by atoms with Crippen LogP contribution in [0, 0.1) is 5.82 Å². The van der Waals surface area contributed by atoms with Gasteiger partial charge in [-0.2, -0.15) is 0 Å². The zero-order valence-corrected chi connectivity index (χ0v) is 14.4. The van der Waals surface area contributed by atoms with Gasteiger partial charge in [0.1, 0.15) is 17.0 Å². The summed E-state index contributed by atoms with van der Waals surface area (Å²) >= 11 is 0. The van der Waals surface area contributed by atoms with Gasteiger partial charge < -0.3 is 15.2 Å². The molecule has 1 rings (SSSR count). The minimum Gasteiger partial charge on any atom is -0.459 e. The summed E-state index contributed by atoms with van der Waals surface area (Å²) in [4.78, 5) is 24.9. The molecule has 0 radical (unpaired) electrons. The molecule has 0 bridgehead atoms. The minimum absolute atomic E-state index is 0.0356. The number of nitrogens with two attached hydrogens (primary N) is 1. The van der Waals surface area contributed by atoms with Crippen molar-refractivity contribution in [2.24, 2.45) is 0 Å². The van der Waals surface area contributed by atoms with E-state index >= 15 is 0 Å². The van der Waals surface area contributed by atoms with Crippen LogP contribution in [0.2, 0.25) is 0 Å². The smallest absolute Gasteiger partial charge is 0.325 e. The van der Waals surface area contributed by atoms with E-state index < -0.39 is 34.9 Å². The van der Waals surface area contributed by atoms with Gasteiger partial charge in [-0.05, 0) is 59.7 Å². The molecule has 0 aliphatic carbocycles. The summed E-state index contributed by atoms with van der Waals surface area (Å²) in [5.41, 5.74) is 4.35. The molecule has 0 aliphatic heterocycles. The van der Waals surface area contributed by atoms with E-state index in [-0.39, 0.29) is 11.3 Å². The second-order valence-electron chi connectivity index (χ2n) is 7.27. The Hall–Kier alpha value is -2.11. The van der Waals surface area contributed by atoms with E-state index in [1.54, 1.807) is 41.5 Å². The molecule has 0 fully saturated rings. The number of ether oxygens (including phenoxy) is 2. The highest BCUT2D eigenvalue weighted by Gasteiger charge is 2.37. The predicted molar refractivity (Wildman–Crippen MR) is 85.2 cm³/mol. The first-order valence-electron chi connectivity index (χ1n) is 7.31. The molecule has 0 aromatic heterocycles. The summed E-state index contributed by atoms with van der Waals surface area (Å²) in [6, 6.07) is 3.50. The Morgan fingerprint density at radius 2 is 1.43 bits per heavy atom. The average molecular weight is 325 g/mol. The minimum atomic E-state index is -1.44. The van der Waals surface area contributed by atoms with Crippen LogP contribution in [-0.2, 0) is 19.1 Å². The van der Waals surface area contributed by atoms with Crippen molar-refractivity contribution < 1.29 is 23.5 Å². The molecule has 0 spiro atoms. The first kappa shape index (κ1) is 18.9. The van der Waals surface area contributed by atoms with Gasteiger partial charge >= 0.3 is 11.9 Å². The Balaban J connectivity index is 3.28. The molecule has 23 heavy (non-hydrogen) atoms. The molecule has 1 aromatic carbocycles. The molecule has 2 N–H and O–H groups in total. The highest BCUT2D eigenvalue weighted by Crippen LogP contribution is 2.29. The topological polar surface area (TPSA) is 78.6 Å². The summed E-state index contributed by atoms with van der Waals surface area (Å²) in [5.74, 6) is -3.71. The van der Waals surface area contributed by atoms with Gasteiger partial charge in [0.15, 0.2) is 5.92 Å². The monoisotopic (exact) mass is 325 g/mol. The zero-order chi connectivity index (χ0) is 18.0. The highest BCUT2D eigenvalue weighted by molar-refractivity contribution is 6.02. The van der Waals surface area contributed by atoms with E-state index in [0.717, 1.165) is 12.1 Å². The maximum Gasteiger partial charge on any atom is 0.325 e. The van der Waals surface area contributed by atoms with Gasteiger partial charge in [-0.1, -0.05) is 0 Å². The SMILES string of the molecule is CC(C)(C)OC(=O)C(C(=O)OC(C)(C)C)c1cc(F)ccc1N. The summed E-state index contributed by atoms with van der Waals surface area (Å²) in [5, 5.41) is 0. The number of halogens is 1. The zero-order valence-electron chi connectivity index (χ0n) is 14.4. The summed E-state index contributed by atoms with van der Waals surface area (Å²) in [6.07, 6.45) is 0. The van der Waals surface area contributed by atoms with Gasteiger partial charge in [-0.3, -0.25) is 9.59 Å². The lowest BCUT2D eigenvalue weighted by Gasteiger charge is -2.27. The fourth-order valence-electron chi connectivity index (χ4n) is 1.87. The van der Waals surface area contributed by atoms with E-state index in [2.05, 4.69) is 0 Å².